The van der Waals surface area contributed by atoms with Gasteiger partial charge in [0.25, 0.3) is 5.91 Å². The topological polar surface area (TPSA) is 73.7 Å². The van der Waals surface area contributed by atoms with Gasteiger partial charge in [-0.05, 0) is 44.6 Å². The van der Waals surface area contributed by atoms with Crippen molar-refractivity contribution in [2.45, 2.75) is 57.5 Å². The molecule has 0 radical (unpaired) electrons. The lowest BCUT2D eigenvalue weighted by atomic mass is 9.89. The third-order valence-electron chi connectivity index (χ3n) is 5.18. The average Bonchev–Trinajstić information content (AvgIpc) is 2.75. The molecule has 1 atom stereocenters. The molecule has 6 heteroatoms. The van der Waals surface area contributed by atoms with Crippen molar-refractivity contribution in [2.75, 3.05) is 13.1 Å². The van der Waals surface area contributed by atoms with Gasteiger partial charge in [-0.1, -0.05) is 0 Å². The maximum atomic E-state index is 12.6. The Bertz CT molecular complexity index is 615. The predicted octanol–water partition coefficient (Wildman–Crippen LogP) is 2.18. The lowest BCUT2D eigenvalue weighted by Gasteiger charge is -2.42. The largest absolute Gasteiger partial charge is 0.506 e. The normalized spacial score (nSPS) is 21.7. The van der Waals surface area contributed by atoms with Crippen LogP contribution < -0.4 is 0 Å². The highest BCUT2D eigenvalue weighted by Gasteiger charge is 2.34. The van der Waals surface area contributed by atoms with E-state index in [1.54, 1.807) is 6.92 Å². The van der Waals surface area contributed by atoms with Gasteiger partial charge in [-0.25, -0.2) is 0 Å². The molecule has 1 aliphatic heterocycles. The second-order valence-corrected chi connectivity index (χ2v) is 6.82. The number of hydrogen-bond donors (Lipinski definition) is 1. The first kappa shape index (κ1) is 16.7. The Balaban J connectivity index is 1.66. The fraction of sp³-hybridized carbons (Fsp3) is 0.611. The van der Waals surface area contributed by atoms with Crippen molar-refractivity contribution in [3.8, 4) is 5.75 Å². The third kappa shape index (κ3) is 3.52. The maximum absolute atomic E-state index is 12.6. The SMILES string of the molecule is CC(=O)N(C1CCC1)C1CCCN(C(=O)c2cncc(O)c2)CC1. The molecule has 0 spiro atoms. The monoisotopic (exact) mass is 331 g/mol. The summed E-state index contributed by atoms with van der Waals surface area (Å²) in [5.41, 5.74) is 0.413. The molecule has 2 fully saturated rings. The molecule has 24 heavy (non-hydrogen) atoms. The number of pyridine rings is 1. The van der Waals surface area contributed by atoms with Gasteiger partial charge in [0.15, 0.2) is 0 Å². The molecule has 1 saturated heterocycles. The molecule has 1 aliphatic carbocycles. The van der Waals surface area contributed by atoms with E-state index in [2.05, 4.69) is 9.88 Å². The van der Waals surface area contributed by atoms with Crippen LogP contribution in [0.4, 0.5) is 0 Å². The van der Waals surface area contributed by atoms with Crippen LogP contribution in [-0.2, 0) is 4.79 Å². The van der Waals surface area contributed by atoms with Crippen LogP contribution in [0, 0.1) is 0 Å². The number of carbonyl (C=O) groups is 2. The van der Waals surface area contributed by atoms with E-state index < -0.39 is 0 Å². The lowest BCUT2D eigenvalue weighted by molar-refractivity contribution is -0.136. The van der Waals surface area contributed by atoms with Gasteiger partial charge in [0.2, 0.25) is 5.91 Å². The molecule has 0 bridgehead atoms. The number of amides is 2. The number of nitrogens with zero attached hydrogens (tertiary/aromatic N) is 3. The summed E-state index contributed by atoms with van der Waals surface area (Å²) < 4.78 is 0. The second-order valence-electron chi connectivity index (χ2n) is 6.82. The van der Waals surface area contributed by atoms with Gasteiger partial charge in [0, 0.05) is 38.3 Å². The van der Waals surface area contributed by atoms with Gasteiger partial charge in [-0.3, -0.25) is 14.6 Å². The molecular formula is C18H25N3O3. The van der Waals surface area contributed by atoms with Gasteiger partial charge in [0.05, 0.1) is 11.8 Å². The van der Waals surface area contributed by atoms with E-state index in [0.29, 0.717) is 24.7 Å². The number of hydrogen-bond acceptors (Lipinski definition) is 4. The van der Waals surface area contributed by atoms with Crippen LogP contribution in [0.3, 0.4) is 0 Å². The van der Waals surface area contributed by atoms with Crippen LogP contribution in [0.1, 0.15) is 55.8 Å². The minimum atomic E-state index is -0.0999. The molecule has 2 aliphatic rings. The smallest absolute Gasteiger partial charge is 0.255 e. The molecule has 130 valence electrons. The standard InChI is InChI=1S/C18H25N3O3/c1-13(22)21(15-4-2-5-15)16-6-3-8-20(9-7-16)18(24)14-10-17(23)12-19-11-14/h10-12,15-16,23H,2-9H2,1H3. The Morgan fingerprint density at radius 1 is 1.12 bits per heavy atom. The van der Waals surface area contributed by atoms with Gasteiger partial charge >= 0.3 is 0 Å². The molecule has 2 heterocycles. The Hall–Kier alpha value is -2.11. The van der Waals surface area contributed by atoms with Crippen LogP contribution in [-0.4, -0.2) is 56.9 Å². The summed E-state index contributed by atoms with van der Waals surface area (Å²) >= 11 is 0. The van der Waals surface area contributed by atoms with Crippen molar-refractivity contribution < 1.29 is 14.7 Å². The van der Waals surface area contributed by atoms with Crippen LogP contribution in [0.15, 0.2) is 18.5 Å². The highest BCUT2D eigenvalue weighted by molar-refractivity contribution is 5.94. The van der Waals surface area contributed by atoms with Crippen molar-refractivity contribution in [1.29, 1.82) is 0 Å². The van der Waals surface area contributed by atoms with Crippen molar-refractivity contribution in [1.82, 2.24) is 14.8 Å². The molecule has 6 nitrogen and oxygen atoms in total. The van der Waals surface area contributed by atoms with Crippen molar-refractivity contribution in [3.05, 3.63) is 24.0 Å². The number of rotatable bonds is 3. The van der Waals surface area contributed by atoms with Crippen molar-refractivity contribution in [3.63, 3.8) is 0 Å². The fourth-order valence-electron chi connectivity index (χ4n) is 3.76. The number of aromatic nitrogens is 1. The third-order valence-corrected chi connectivity index (χ3v) is 5.18. The Morgan fingerprint density at radius 3 is 2.46 bits per heavy atom. The maximum Gasteiger partial charge on any atom is 0.255 e. The van der Waals surface area contributed by atoms with Gasteiger partial charge in [0.1, 0.15) is 5.75 Å². The minimum absolute atomic E-state index is 0.00119. The molecule has 1 unspecified atom stereocenters. The van der Waals surface area contributed by atoms with Crippen LogP contribution >= 0.6 is 0 Å². The molecule has 1 N–H and O–H groups in total. The summed E-state index contributed by atoms with van der Waals surface area (Å²) in [5.74, 6) is 0.0556. The second kappa shape index (κ2) is 7.20. The summed E-state index contributed by atoms with van der Waals surface area (Å²) in [7, 11) is 0. The zero-order chi connectivity index (χ0) is 17.1. The summed E-state index contributed by atoms with van der Waals surface area (Å²) in [4.78, 5) is 32.4. The Morgan fingerprint density at radius 2 is 1.83 bits per heavy atom. The summed E-state index contributed by atoms with van der Waals surface area (Å²) in [6.45, 7) is 2.97. The first-order chi connectivity index (χ1) is 11.6. The summed E-state index contributed by atoms with van der Waals surface area (Å²) in [6.07, 6.45) is 8.86. The molecule has 3 rings (SSSR count). The van der Waals surface area contributed by atoms with E-state index in [9.17, 15) is 14.7 Å². The van der Waals surface area contributed by atoms with Crippen molar-refractivity contribution >= 4 is 11.8 Å². The zero-order valence-electron chi connectivity index (χ0n) is 14.1. The van der Waals surface area contributed by atoms with E-state index in [-0.39, 0.29) is 23.6 Å². The van der Waals surface area contributed by atoms with Crippen LogP contribution in [0.5, 0.6) is 5.75 Å². The fourth-order valence-corrected chi connectivity index (χ4v) is 3.76. The van der Waals surface area contributed by atoms with E-state index in [4.69, 9.17) is 0 Å². The molecule has 2 amide bonds. The van der Waals surface area contributed by atoms with Gasteiger partial charge in [-0.15, -0.1) is 0 Å². The predicted molar refractivity (Wildman–Crippen MR) is 89.6 cm³/mol. The molecule has 0 aromatic carbocycles. The first-order valence-electron chi connectivity index (χ1n) is 8.78. The Labute approximate surface area is 142 Å². The first-order valence-corrected chi connectivity index (χ1v) is 8.78. The number of likely N-dealkylation sites (tertiary alicyclic amines) is 1. The number of carbonyl (C=O) groups excluding carboxylic acids is 2. The average molecular weight is 331 g/mol. The molecule has 1 aromatic rings. The quantitative estimate of drug-likeness (QED) is 0.921. The highest BCUT2D eigenvalue weighted by atomic mass is 16.3. The minimum Gasteiger partial charge on any atom is -0.506 e. The molecule has 1 aromatic heterocycles. The molecule has 1 saturated carbocycles. The van der Waals surface area contributed by atoms with E-state index >= 15 is 0 Å². The van der Waals surface area contributed by atoms with E-state index in [1.807, 2.05) is 4.90 Å². The summed E-state index contributed by atoms with van der Waals surface area (Å²) in [5, 5.41) is 9.51. The molecular weight excluding hydrogens is 306 g/mol. The number of aromatic hydroxyl groups is 1. The van der Waals surface area contributed by atoms with E-state index in [1.165, 1.54) is 24.9 Å². The van der Waals surface area contributed by atoms with Crippen molar-refractivity contribution in [2.24, 2.45) is 0 Å². The highest BCUT2D eigenvalue weighted by Crippen LogP contribution is 2.30. The van der Waals surface area contributed by atoms with Crippen LogP contribution in [0.25, 0.3) is 0 Å². The summed E-state index contributed by atoms with van der Waals surface area (Å²) in [6, 6.07) is 2.08. The van der Waals surface area contributed by atoms with Gasteiger partial charge in [-0.2, -0.15) is 0 Å². The zero-order valence-corrected chi connectivity index (χ0v) is 14.1. The van der Waals surface area contributed by atoms with Crippen LogP contribution in [0.2, 0.25) is 0 Å². The van der Waals surface area contributed by atoms with Gasteiger partial charge < -0.3 is 14.9 Å². The van der Waals surface area contributed by atoms with E-state index in [0.717, 1.165) is 32.1 Å². The Kier molecular flexibility index (Phi) is 5.02. The lowest BCUT2D eigenvalue weighted by Crippen LogP contribution is -2.49.